The zero-order valence-electron chi connectivity index (χ0n) is 10.6. The third kappa shape index (κ3) is 2.28. The van der Waals surface area contributed by atoms with Crippen molar-refractivity contribution >= 4 is 11.6 Å². The molecule has 1 fully saturated rings. The van der Waals surface area contributed by atoms with Crippen molar-refractivity contribution in [3.05, 3.63) is 29.3 Å². The van der Waals surface area contributed by atoms with Crippen LogP contribution < -0.4 is 10.6 Å². The summed E-state index contributed by atoms with van der Waals surface area (Å²) < 4.78 is 0. The van der Waals surface area contributed by atoms with Crippen LogP contribution in [-0.4, -0.2) is 19.0 Å². The highest BCUT2D eigenvalue weighted by atomic mass is 16.1. The van der Waals surface area contributed by atoms with Crippen LogP contribution in [0, 0.1) is 12.8 Å². The van der Waals surface area contributed by atoms with Crippen LogP contribution in [0.15, 0.2) is 18.2 Å². The summed E-state index contributed by atoms with van der Waals surface area (Å²) in [7, 11) is 0. The Bertz CT molecular complexity index is 428. The van der Waals surface area contributed by atoms with E-state index in [0.717, 1.165) is 25.9 Å². The van der Waals surface area contributed by atoms with Crippen LogP contribution in [0.1, 0.15) is 24.5 Å². The zero-order chi connectivity index (χ0) is 12.4. The SMILES string of the molecule is CCc1cccc(C)c1N1CCC(C(N)=O)C1. The number of hydrogen-bond acceptors (Lipinski definition) is 2. The Labute approximate surface area is 103 Å². The summed E-state index contributed by atoms with van der Waals surface area (Å²) in [6, 6.07) is 6.39. The lowest BCUT2D eigenvalue weighted by atomic mass is 10.0. The Balaban J connectivity index is 2.26. The molecule has 0 bridgehead atoms. The van der Waals surface area contributed by atoms with Crippen LogP contribution >= 0.6 is 0 Å². The fourth-order valence-corrected chi connectivity index (χ4v) is 2.65. The molecule has 3 heteroatoms. The standard InChI is InChI=1S/C14H20N2O/c1-3-11-6-4-5-10(2)13(11)16-8-7-12(9-16)14(15)17/h4-6,12H,3,7-9H2,1-2H3,(H2,15,17). The normalized spacial score (nSPS) is 19.6. The first-order valence-electron chi connectivity index (χ1n) is 6.26. The molecule has 1 heterocycles. The van der Waals surface area contributed by atoms with Crippen LogP contribution in [0.2, 0.25) is 0 Å². The van der Waals surface area contributed by atoms with Gasteiger partial charge in [-0.15, -0.1) is 0 Å². The van der Waals surface area contributed by atoms with E-state index in [9.17, 15) is 4.79 Å². The van der Waals surface area contributed by atoms with Gasteiger partial charge in [0, 0.05) is 18.8 Å². The van der Waals surface area contributed by atoms with Gasteiger partial charge in [-0.05, 0) is 30.9 Å². The molecule has 1 aromatic carbocycles. The van der Waals surface area contributed by atoms with E-state index >= 15 is 0 Å². The third-order valence-electron chi connectivity index (χ3n) is 3.61. The molecule has 3 nitrogen and oxygen atoms in total. The van der Waals surface area contributed by atoms with Gasteiger partial charge in [-0.25, -0.2) is 0 Å². The van der Waals surface area contributed by atoms with Gasteiger partial charge < -0.3 is 10.6 Å². The third-order valence-corrected chi connectivity index (χ3v) is 3.61. The van der Waals surface area contributed by atoms with E-state index in [4.69, 9.17) is 5.73 Å². The lowest BCUT2D eigenvalue weighted by molar-refractivity contribution is -0.121. The Kier molecular flexibility index (Phi) is 3.36. The second-order valence-electron chi connectivity index (χ2n) is 4.77. The van der Waals surface area contributed by atoms with Crippen LogP contribution in [0.5, 0.6) is 0 Å². The summed E-state index contributed by atoms with van der Waals surface area (Å²) in [4.78, 5) is 13.5. The van der Waals surface area contributed by atoms with Crippen molar-refractivity contribution in [1.82, 2.24) is 0 Å². The molecule has 1 unspecified atom stereocenters. The van der Waals surface area contributed by atoms with Gasteiger partial charge in [-0.2, -0.15) is 0 Å². The van der Waals surface area contributed by atoms with Crippen LogP contribution in [-0.2, 0) is 11.2 Å². The number of aryl methyl sites for hydroxylation is 2. The monoisotopic (exact) mass is 232 g/mol. The van der Waals surface area contributed by atoms with Crippen LogP contribution in [0.4, 0.5) is 5.69 Å². The number of rotatable bonds is 3. The predicted molar refractivity (Wildman–Crippen MR) is 70.1 cm³/mol. The number of benzene rings is 1. The summed E-state index contributed by atoms with van der Waals surface area (Å²) in [5, 5.41) is 0. The molecule has 1 amide bonds. The number of carbonyl (C=O) groups is 1. The van der Waals surface area contributed by atoms with Gasteiger partial charge in [0.25, 0.3) is 0 Å². The van der Waals surface area contributed by atoms with E-state index < -0.39 is 0 Å². The van der Waals surface area contributed by atoms with Crippen LogP contribution in [0.3, 0.4) is 0 Å². The molecule has 1 aliphatic heterocycles. The minimum atomic E-state index is -0.167. The van der Waals surface area contributed by atoms with Gasteiger partial charge in [0.1, 0.15) is 0 Å². The number of anilines is 1. The van der Waals surface area contributed by atoms with Crippen molar-refractivity contribution in [2.24, 2.45) is 11.7 Å². The number of nitrogens with two attached hydrogens (primary N) is 1. The minimum Gasteiger partial charge on any atom is -0.370 e. The van der Waals surface area contributed by atoms with Gasteiger partial charge in [0.05, 0.1) is 5.92 Å². The van der Waals surface area contributed by atoms with Gasteiger partial charge >= 0.3 is 0 Å². The number of hydrogen-bond donors (Lipinski definition) is 1. The van der Waals surface area contributed by atoms with E-state index in [-0.39, 0.29) is 11.8 Å². The van der Waals surface area contributed by atoms with Crippen LogP contribution in [0.25, 0.3) is 0 Å². The number of amides is 1. The maximum Gasteiger partial charge on any atom is 0.222 e. The first-order valence-corrected chi connectivity index (χ1v) is 6.26. The molecule has 2 rings (SSSR count). The van der Waals surface area contributed by atoms with Gasteiger partial charge in [0.2, 0.25) is 5.91 Å². The minimum absolute atomic E-state index is 0.0133. The van der Waals surface area contributed by atoms with Gasteiger partial charge in [0.15, 0.2) is 0 Å². The maximum absolute atomic E-state index is 11.2. The quantitative estimate of drug-likeness (QED) is 0.864. The molecule has 17 heavy (non-hydrogen) atoms. The topological polar surface area (TPSA) is 46.3 Å². The number of primary amides is 1. The van der Waals surface area contributed by atoms with Crippen molar-refractivity contribution in [3.8, 4) is 0 Å². The van der Waals surface area contributed by atoms with Crippen molar-refractivity contribution in [1.29, 1.82) is 0 Å². The number of carbonyl (C=O) groups excluding carboxylic acids is 1. The highest BCUT2D eigenvalue weighted by molar-refractivity contribution is 5.78. The summed E-state index contributed by atoms with van der Waals surface area (Å²) in [6.07, 6.45) is 1.90. The largest absolute Gasteiger partial charge is 0.370 e. The molecular weight excluding hydrogens is 212 g/mol. The molecular formula is C14H20N2O. The van der Waals surface area contributed by atoms with E-state index in [1.165, 1.54) is 16.8 Å². The molecule has 0 spiro atoms. The van der Waals surface area contributed by atoms with E-state index in [0.29, 0.717) is 0 Å². The van der Waals surface area contributed by atoms with Crippen molar-refractivity contribution in [2.75, 3.05) is 18.0 Å². The average molecular weight is 232 g/mol. The highest BCUT2D eigenvalue weighted by Gasteiger charge is 2.28. The zero-order valence-corrected chi connectivity index (χ0v) is 10.6. The molecule has 0 aliphatic carbocycles. The molecule has 1 aliphatic rings. The molecule has 1 aromatic rings. The fraction of sp³-hybridized carbons (Fsp3) is 0.500. The Morgan fingerprint density at radius 1 is 1.53 bits per heavy atom. The lowest BCUT2D eigenvalue weighted by Crippen LogP contribution is -2.28. The Hall–Kier alpha value is -1.51. The summed E-state index contributed by atoms with van der Waals surface area (Å²) in [6.45, 7) is 6.00. The van der Waals surface area contributed by atoms with E-state index in [1.54, 1.807) is 0 Å². The molecule has 0 saturated carbocycles. The second-order valence-corrected chi connectivity index (χ2v) is 4.77. The maximum atomic E-state index is 11.2. The van der Waals surface area contributed by atoms with Gasteiger partial charge in [-0.1, -0.05) is 25.1 Å². The molecule has 92 valence electrons. The summed E-state index contributed by atoms with van der Waals surface area (Å²) >= 11 is 0. The first kappa shape index (κ1) is 12.0. The molecule has 0 aromatic heterocycles. The smallest absolute Gasteiger partial charge is 0.222 e. The average Bonchev–Trinajstić information content (AvgIpc) is 2.77. The molecule has 0 radical (unpaired) electrons. The molecule has 1 saturated heterocycles. The fourth-order valence-electron chi connectivity index (χ4n) is 2.65. The summed E-state index contributed by atoms with van der Waals surface area (Å²) in [5.74, 6) is -0.154. The van der Waals surface area contributed by atoms with Crippen molar-refractivity contribution < 1.29 is 4.79 Å². The number of nitrogens with zero attached hydrogens (tertiary/aromatic N) is 1. The van der Waals surface area contributed by atoms with Crippen molar-refractivity contribution in [3.63, 3.8) is 0 Å². The predicted octanol–water partition coefficient (Wildman–Crippen LogP) is 1.87. The highest BCUT2D eigenvalue weighted by Crippen LogP contribution is 2.30. The molecule has 2 N–H and O–H groups in total. The Morgan fingerprint density at radius 2 is 2.29 bits per heavy atom. The van der Waals surface area contributed by atoms with E-state index in [2.05, 4.69) is 36.9 Å². The second kappa shape index (κ2) is 4.78. The lowest BCUT2D eigenvalue weighted by Gasteiger charge is -2.23. The van der Waals surface area contributed by atoms with Crippen molar-refractivity contribution in [2.45, 2.75) is 26.7 Å². The summed E-state index contributed by atoms with van der Waals surface area (Å²) in [5.41, 5.74) is 9.33. The first-order chi connectivity index (χ1) is 8.13. The van der Waals surface area contributed by atoms with Gasteiger partial charge in [-0.3, -0.25) is 4.79 Å². The Morgan fingerprint density at radius 3 is 2.88 bits per heavy atom. The van der Waals surface area contributed by atoms with E-state index in [1.807, 2.05) is 0 Å². The molecule has 1 atom stereocenters. The number of para-hydroxylation sites is 1.